The van der Waals surface area contributed by atoms with Crippen LogP contribution in [0.5, 0.6) is 5.75 Å². The number of imidazole rings is 1. The molecule has 0 amide bonds. The van der Waals surface area contributed by atoms with Crippen molar-refractivity contribution in [2.45, 2.75) is 12.5 Å². The normalized spacial score (nSPS) is 12.5. The summed E-state index contributed by atoms with van der Waals surface area (Å²) in [5.41, 5.74) is 9.24. The lowest BCUT2D eigenvalue weighted by Gasteiger charge is -2.09. The molecule has 4 nitrogen and oxygen atoms in total. The lowest BCUT2D eigenvalue weighted by molar-refractivity contribution is 0.415. The molecule has 1 atom stereocenters. The van der Waals surface area contributed by atoms with E-state index in [-0.39, 0.29) is 6.04 Å². The fraction of sp³-hybridized carbons (Fsp3) is 0.188. The van der Waals surface area contributed by atoms with Crippen molar-refractivity contribution in [1.29, 1.82) is 0 Å². The molecule has 0 radical (unpaired) electrons. The maximum atomic E-state index is 6.22. The summed E-state index contributed by atoms with van der Waals surface area (Å²) in [6.07, 6.45) is 0.682. The van der Waals surface area contributed by atoms with Crippen LogP contribution >= 0.6 is 0 Å². The first-order chi connectivity index (χ1) is 9.76. The maximum Gasteiger partial charge on any atom is 0.121 e. The van der Waals surface area contributed by atoms with Crippen molar-refractivity contribution in [2.75, 3.05) is 7.11 Å². The topological polar surface area (TPSA) is 63.9 Å². The third-order valence-electron chi connectivity index (χ3n) is 3.38. The average molecular weight is 267 g/mol. The maximum absolute atomic E-state index is 6.22. The molecule has 0 spiro atoms. The molecular formula is C16H17N3O. The summed E-state index contributed by atoms with van der Waals surface area (Å²) in [5.74, 6) is 1.71. The van der Waals surface area contributed by atoms with Gasteiger partial charge in [-0.1, -0.05) is 30.3 Å². The largest absolute Gasteiger partial charge is 0.497 e. The molecule has 1 aromatic heterocycles. The fourth-order valence-electron chi connectivity index (χ4n) is 2.29. The molecular weight excluding hydrogens is 250 g/mol. The van der Waals surface area contributed by atoms with E-state index < -0.39 is 0 Å². The van der Waals surface area contributed by atoms with E-state index >= 15 is 0 Å². The van der Waals surface area contributed by atoms with E-state index in [1.165, 1.54) is 0 Å². The van der Waals surface area contributed by atoms with Gasteiger partial charge in [0, 0.05) is 18.5 Å². The van der Waals surface area contributed by atoms with Crippen molar-refractivity contribution in [3.05, 3.63) is 59.9 Å². The average Bonchev–Trinajstić information content (AvgIpc) is 2.89. The molecule has 0 aliphatic heterocycles. The zero-order chi connectivity index (χ0) is 13.9. The first kappa shape index (κ1) is 12.7. The number of methoxy groups -OCH3 is 1. The van der Waals surface area contributed by atoms with Crippen LogP contribution in [0.1, 0.15) is 17.4 Å². The minimum absolute atomic E-state index is 0.0568. The van der Waals surface area contributed by atoms with E-state index in [9.17, 15) is 0 Å². The number of aromatic amines is 1. The lowest BCUT2D eigenvalue weighted by Crippen LogP contribution is -2.13. The predicted octanol–water partition coefficient (Wildman–Crippen LogP) is 2.81. The quantitative estimate of drug-likeness (QED) is 0.764. The van der Waals surface area contributed by atoms with E-state index in [1.807, 2.05) is 48.5 Å². The summed E-state index contributed by atoms with van der Waals surface area (Å²) in [6.45, 7) is 0. The van der Waals surface area contributed by atoms with Gasteiger partial charge in [0.2, 0.25) is 0 Å². The summed E-state index contributed by atoms with van der Waals surface area (Å²) < 4.78 is 5.21. The highest BCUT2D eigenvalue weighted by Gasteiger charge is 2.10. The number of benzene rings is 2. The Morgan fingerprint density at radius 3 is 2.75 bits per heavy atom. The molecule has 4 heteroatoms. The van der Waals surface area contributed by atoms with Crippen molar-refractivity contribution in [1.82, 2.24) is 9.97 Å². The van der Waals surface area contributed by atoms with E-state index in [1.54, 1.807) is 7.11 Å². The second kappa shape index (κ2) is 5.35. The SMILES string of the molecule is COc1ccc2nc(CC(N)c3ccccc3)[nH]c2c1. The van der Waals surface area contributed by atoms with Crippen LogP contribution in [0.4, 0.5) is 0 Å². The van der Waals surface area contributed by atoms with Gasteiger partial charge in [-0.3, -0.25) is 0 Å². The summed E-state index contributed by atoms with van der Waals surface area (Å²) in [4.78, 5) is 7.86. The Bertz CT molecular complexity index is 706. The monoisotopic (exact) mass is 267 g/mol. The molecule has 3 N–H and O–H groups in total. The summed E-state index contributed by atoms with van der Waals surface area (Å²) in [7, 11) is 1.66. The molecule has 0 saturated carbocycles. The van der Waals surface area contributed by atoms with Gasteiger partial charge in [0.15, 0.2) is 0 Å². The van der Waals surface area contributed by atoms with Crippen LogP contribution < -0.4 is 10.5 Å². The van der Waals surface area contributed by atoms with Crippen LogP contribution in [0.25, 0.3) is 11.0 Å². The second-order valence-electron chi connectivity index (χ2n) is 4.79. The molecule has 0 fully saturated rings. The van der Waals surface area contributed by atoms with Crippen LogP contribution in [-0.4, -0.2) is 17.1 Å². The third-order valence-corrected chi connectivity index (χ3v) is 3.38. The Morgan fingerprint density at radius 2 is 2.00 bits per heavy atom. The lowest BCUT2D eigenvalue weighted by atomic mass is 10.0. The van der Waals surface area contributed by atoms with E-state index in [2.05, 4.69) is 9.97 Å². The van der Waals surface area contributed by atoms with Crippen LogP contribution in [0.15, 0.2) is 48.5 Å². The molecule has 20 heavy (non-hydrogen) atoms. The number of nitrogens with one attached hydrogen (secondary N) is 1. The van der Waals surface area contributed by atoms with Crippen LogP contribution in [0.3, 0.4) is 0 Å². The predicted molar refractivity (Wildman–Crippen MR) is 79.7 cm³/mol. The summed E-state index contributed by atoms with van der Waals surface area (Å²) >= 11 is 0. The Morgan fingerprint density at radius 1 is 1.20 bits per heavy atom. The Hall–Kier alpha value is -2.33. The molecule has 102 valence electrons. The third kappa shape index (κ3) is 2.51. The number of H-pyrrole nitrogens is 1. The minimum Gasteiger partial charge on any atom is -0.497 e. The number of hydrogen-bond donors (Lipinski definition) is 2. The number of nitrogens with zero attached hydrogens (tertiary/aromatic N) is 1. The summed E-state index contributed by atoms with van der Waals surface area (Å²) in [6, 6.07) is 15.8. The van der Waals surface area contributed by atoms with Gasteiger partial charge in [0.05, 0.1) is 18.1 Å². The van der Waals surface area contributed by atoms with Gasteiger partial charge in [0.25, 0.3) is 0 Å². The van der Waals surface area contributed by atoms with Gasteiger partial charge < -0.3 is 15.5 Å². The number of fused-ring (bicyclic) bond motifs is 1. The zero-order valence-electron chi connectivity index (χ0n) is 11.3. The van der Waals surface area contributed by atoms with Gasteiger partial charge in [-0.25, -0.2) is 4.98 Å². The Kier molecular flexibility index (Phi) is 3.39. The zero-order valence-corrected chi connectivity index (χ0v) is 11.3. The Balaban J connectivity index is 1.84. The smallest absolute Gasteiger partial charge is 0.121 e. The highest BCUT2D eigenvalue weighted by atomic mass is 16.5. The molecule has 3 aromatic rings. The first-order valence-corrected chi connectivity index (χ1v) is 6.59. The number of aromatic nitrogens is 2. The molecule has 1 heterocycles. The van der Waals surface area contributed by atoms with Crippen molar-refractivity contribution in [3.63, 3.8) is 0 Å². The van der Waals surface area contributed by atoms with Crippen molar-refractivity contribution in [3.8, 4) is 5.75 Å². The molecule has 0 bridgehead atoms. The molecule has 3 rings (SSSR count). The van der Waals surface area contributed by atoms with Crippen molar-refractivity contribution >= 4 is 11.0 Å². The van der Waals surface area contributed by atoms with Crippen LogP contribution in [0, 0.1) is 0 Å². The van der Waals surface area contributed by atoms with Gasteiger partial charge in [0.1, 0.15) is 11.6 Å². The van der Waals surface area contributed by atoms with Gasteiger partial charge >= 0.3 is 0 Å². The Labute approximate surface area is 117 Å². The number of rotatable bonds is 4. The number of ether oxygens (including phenoxy) is 1. The standard InChI is InChI=1S/C16H17N3O/c1-20-12-7-8-14-15(9-12)19-16(18-14)10-13(17)11-5-3-2-4-6-11/h2-9,13H,10,17H2,1H3,(H,18,19). The van der Waals surface area contributed by atoms with Gasteiger partial charge in [-0.05, 0) is 17.7 Å². The molecule has 0 aliphatic carbocycles. The number of nitrogens with two attached hydrogens (primary N) is 1. The molecule has 1 unspecified atom stereocenters. The minimum atomic E-state index is -0.0568. The van der Waals surface area contributed by atoms with Crippen LogP contribution in [-0.2, 0) is 6.42 Å². The molecule has 2 aromatic carbocycles. The van der Waals surface area contributed by atoms with Gasteiger partial charge in [-0.15, -0.1) is 0 Å². The highest BCUT2D eigenvalue weighted by Crippen LogP contribution is 2.21. The first-order valence-electron chi connectivity index (χ1n) is 6.59. The van der Waals surface area contributed by atoms with E-state index in [0.29, 0.717) is 6.42 Å². The van der Waals surface area contributed by atoms with E-state index in [0.717, 1.165) is 28.2 Å². The molecule has 0 aliphatic rings. The highest BCUT2D eigenvalue weighted by molar-refractivity contribution is 5.76. The number of hydrogen-bond acceptors (Lipinski definition) is 3. The van der Waals surface area contributed by atoms with Crippen molar-refractivity contribution < 1.29 is 4.74 Å². The molecule has 0 saturated heterocycles. The fourth-order valence-corrected chi connectivity index (χ4v) is 2.29. The van der Waals surface area contributed by atoms with E-state index in [4.69, 9.17) is 10.5 Å². The summed E-state index contributed by atoms with van der Waals surface area (Å²) in [5, 5.41) is 0. The van der Waals surface area contributed by atoms with Gasteiger partial charge in [-0.2, -0.15) is 0 Å². The second-order valence-corrected chi connectivity index (χ2v) is 4.79. The van der Waals surface area contributed by atoms with Crippen molar-refractivity contribution in [2.24, 2.45) is 5.73 Å². The van der Waals surface area contributed by atoms with Crippen LogP contribution in [0.2, 0.25) is 0 Å².